The van der Waals surface area contributed by atoms with Gasteiger partial charge in [-0.25, -0.2) is 4.39 Å². The third-order valence-corrected chi connectivity index (χ3v) is 3.23. The largest absolute Gasteiger partial charge is 0.490 e. The highest BCUT2D eigenvalue weighted by Crippen LogP contribution is 2.12. The Hall–Kier alpha value is -2.82. The number of nitrogens with zero attached hydrogens (tertiary/aromatic N) is 2. The Morgan fingerprint density at radius 3 is 2.30 bits per heavy atom. The van der Waals surface area contributed by atoms with Crippen LogP contribution in [-0.4, -0.2) is 23.0 Å². The molecule has 1 heterocycles. The van der Waals surface area contributed by atoms with E-state index in [-0.39, 0.29) is 5.82 Å². The number of ether oxygens (including phenoxy) is 2. The second-order valence-corrected chi connectivity index (χ2v) is 5.01. The number of aromatic nitrogens is 2. The Bertz CT molecular complexity index is 726. The van der Waals surface area contributed by atoms with Gasteiger partial charge in [-0.3, -0.25) is 4.68 Å². The molecule has 0 amide bonds. The summed E-state index contributed by atoms with van der Waals surface area (Å²) in [5.41, 5.74) is 1.18. The Morgan fingerprint density at radius 1 is 0.870 bits per heavy atom. The molecule has 0 radical (unpaired) electrons. The monoisotopic (exact) mass is 312 g/mol. The summed E-state index contributed by atoms with van der Waals surface area (Å²) in [7, 11) is 0. The molecule has 0 unspecified atom stereocenters. The zero-order valence-corrected chi connectivity index (χ0v) is 12.6. The van der Waals surface area contributed by atoms with Gasteiger partial charge in [0.2, 0.25) is 0 Å². The quantitative estimate of drug-likeness (QED) is 0.626. The molecular weight excluding hydrogens is 295 g/mol. The van der Waals surface area contributed by atoms with E-state index >= 15 is 0 Å². The molecule has 0 aliphatic rings. The summed E-state index contributed by atoms with van der Waals surface area (Å²) in [5.74, 6) is 1.04. The Kier molecular flexibility index (Phi) is 4.88. The van der Waals surface area contributed by atoms with Gasteiger partial charge in [-0.1, -0.05) is 30.3 Å². The van der Waals surface area contributed by atoms with E-state index in [4.69, 9.17) is 9.47 Å². The van der Waals surface area contributed by atoms with Gasteiger partial charge in [0, 0.05) is 0 Å². The predicted octanol–water partition coefficient (Wildman–Crippen LogP) is 3.53. The molecule has 118 valence electrons. The maximum atomic E-state index is 12.8. The molecule has 0 bridgehead atoms. The van der Waals surface area contributed by atoms with Crippen molar-refractivity contribution in [3.8, 4) is 11.5 Å². The van der Waals surface area contributed by atoms with E-state index in [0.717, 1.165) is 0 Å². The first-order chi connectivity index (χ1) is 11.3. The minimum atomic E-state index is -0.278. The molecule has 5 heteroatoms. The van der Waals surface area contributed by atoms with E-state index in [1.54, 1.807) is 18.3 Å². The minimum absolute atomic E-state index is 0.278. The van der Waals surface area contributed by atoms with Crippen molar-refractivity contribution in [2.45, 2.75) is 6.54 Å². The zero-order chi connectivity index (χ0) is 15.9. The molecule has 0 fully saturated rings. The second-order valence-electron chi connectivity index (χ2n) is 5.01. The molecule has 2 aromatic carbocycles. The topological polar surface area (TPSA) is 36.3 Å². The third-order valence-electron chi connectivity index (χ3n) is 3.23. The molecule has 23 heavy (non-hydrogen) atoms. The third kappa shape index (κ3) is 4.57. The number of benzene rings is 2. The van der Waals surface area contributed by atoms with Crippen molar-refractivity contribution >= 4 is 0 Å². The zero-order valence-electron chi connectivity index (χ0n) is 12.6. The van der Waals surface area contributed by atoms with E-state index in [9.17, 15) is 4.39 Å². The maximum absolute atomic E-state index is 12.8. The highest BCUT2D eigenvalue weighted by Gasteiger charge is 2.01. The van der Waals surface area contributed by atoms with Crippen LogP contribution in [0.15, 0.2) is 67.0 Å². The molecule has 1 aromatic heterocycles. The molecule has 0 atom stereocenters. The van der Waals surface area contributed by atoms with Crippen molar-refractivity contribution in [2.24, 2.45) is 0 Å². The van der Waals surface area contributed by atoms with Crippen LogP contribution in [-0.2, 0) is 6.54 Å². The number of halogens is 1. The summed E-state index contributed by atoms with van der Waals surface area (Å²) >= 11 is 0. The molecule has 0 N–H and O–H groups in total. The molecule has 3 rings (SSSR count). The van der Waals surface area contributed by atoms with Crippen LogP contribution in [0.2, 0.25) is 0 Å². The van der Waals surface area contributed by atoms with Crippen LogP contribution in [0.1, 0.15) is 5.56 Å². The minimum Gasteiger partial charge on any atom is -0.490 e. The fraction of sp³-hybridized carbons (Fsp3) is 0.167. The smallest absolute Gasteiger partial charge is 0.157 e. The fourth-order valence-electron chi connectivity index (χ4n) is 2.13. The van der Waals surface area contributed by atoms with Gasteiger partial charge >= 0.3 is 0 Å². The van der Waals surface area contributed by atoms with Crippen molar-refractivity contribution in [1.29, 1.82) is 0 Å². The molecule has 4 nitrogen and oxygen atoms in total. The predicted molar refractivity (Wildman–Crippen MR) is 85.2 cm³/mol. The highest BCUT2D eigenvalue weighted by atomic mass is 19.1. The SMILES string of the molecule is Fc1ccc(OCCOc2cnn(Cc3ccccc3)c2)cc1. The second kappa shape index (κ2) is 7.45. The molecule has 0 saturated heterocycles. The van der Waals surface area contributed by atoms with E-state index in [1.165, 1.54) is 17.7 Å². The van der Waals surface area contributed by atoms with Gasteiger partial charge in [0.05, 0.1) is 18.9 Å². The van der Waals surface area contributed by atoms with Crippen molar-refractivity contribution < 1.29 is 13.9 Å². The molecule has 0 aliphatic heterocycles. The van der Waals surface area contributed by atoms with Gasteiger partial charge in [0.1, 0.15) is 24.8 Å². The van der Waals surface area contributed by atoms with E-state index < -0.39 is 0 Å². The van der Waals surface area contributed by atoms with Crippen molar-refractivity contribution in [1.82, 2.24) is 9.78 Å². The summed E-state index contributed by atoms with van der Waals surface area (Å²) < 4.78 is 25.6. The van der Waals surface area contributed by atoms with E-state index in [2.05, 4.69) is 17.2 Å². The first-order valence-electron chi connectivity index (χ1n) is 7.37. The lowest BCUT2D eigenvalue weighted by molar-refractivity contribution is 0.217. The van der Waals surface area contributed by atoms with Gasteiger partial charge in [-0.05, 0) is 29.8 Å². The lowest BCUT2D eigenvalue weighted by atomic mass is 10.2. The number of hydrogen-bond acceptors (Lipinski definition) is 3. The average Bonchev–Trinajstić information content (AvgIpc) is 3.02. The normalized spacial score (nSPS) is 10.5. The van der Waals surface area contributed by atoms with Crippen molar-refractivity contribution in [3.05, 3.63) is 78.4 Å². The van der Waals surface area contributed by atoms with Crippen LogP contribution >= 0.6 is 0 Å². The highest BCUT2D eigenvalue weighted by molar-refractivity contribution is 5.22. The summed E-state index contributed by atoms with van der Waals surface area (Å²) in [5, 5.41) is 4.27. The van der Waals surface area contributed by atoms with Gasteiger partial charge in [-0.15, -0.1) is 0 Å². The lowest BCUT2D eigenvalue weighted by Crippen LogP contribution is -2.08. The van der Waals surface area contributed by atoms with Crippen LogP contribution < -0.4 is 9.47 Å². The van der Waals surface area contributed by atoms with Crippen LogP contribution in [0.5, 0.6) is 11.5 Å². The van der Waals surface area contributed by atoms with E-state index in [0.29, 0.717) is 31.3 Å². The number of rotatable bonds is 7. The molecule has 0 saturated carbocycles. The first kappa shape index (κ1) is 15.1. The van der Waals surface area contributed by atoms with Crippen LogP contribution in [0, 0.1) is 5.82 Å². The first-order valence-corrected chi connectivity index (χ1v) is 7.37. The molecule has 0 aliphatic carbocycles. The summed E-state index contributed by atoms with van der Waals surface area (Å²) in [6, 6.07) is 16.0. The number of hydrogen-bond donors (Lipinski definition) is 0. The maximum Gasteiger partial charge on any atom is 0.157 e. The van der Waals surface area contributed by atoms with Gasteiger partial charge in [-0.2, -0.15) is 5.10 Å². The van der Waals surface area contributed by atoms with E-state index in [1.807, 2.05) is 29.1 Å². The molecular formula is C18H17FN2O2. The van der Waals surface area contributed by atoms with Crippen molar-refractivity contribution in [3.63, 3.8) is 0 Å². The fourth-order valence-corrected chi connectivity index (χ4v) is 2.13. The standard InChI is InChI=1S/C18H17FN2O2/c19-16-6-8-17(9-7-16)22-10-11-23-18-12-20-21(14-18)13-15-4-2-1-3-5-15/h1-9,12,14H,10-11,13H2. The summed E-state index contributed by atoms with van der Waals surface area (Å²) in [6.45, 7) is 1.49. The van der Waals surface area contributed by atoms with Crippen LogP contribution in [0.4, 0.5) is 4.39 Å². The van der Waals surface area contributed by atoms with Crippen molar-refractivity contribution in [2.75, 3.05) is 13.2 Å². The van der Waals surface area contributed by atoms with Gasteiger partial charge in [0.25, 0.3) is 0 Å². The lowest BCUT2D eigenvalue weighted by Gasteiger charge is -2.06. The summed E-state index contributed by atoms with van der Waals surface area (Å²) in [4.78, 5) is 0. The van der Waals surface area contributed by atoms with Gasteiger partial charge < -0.3 is 9.47 Å². The Morgan fingerprint density at radius 2 is 1.57 bits per heavy atom. The Balaban J connectivity index is 1.43. The average molecular weight is 312 g/mol. The molecule has 3 aromatic rings. The summed E-state index contributed by atoms with van der Waals surface area (Å²) in [6.07, 6.45) is 3.53. The van der Waals surface area contributed by atoms with Crippen LogP contribution in [0.3, 0.4) is 0 Å². The molecule has 0 spiro atoms. The Labute approximate surface area is 134 Å². The van der Waals surface area contributed by atoms with Gasteiger partial charge in [0.15, 0.2) is 5.75 Å². The van der Waals surface area contributed by atoms with Crippen LogP contribution in [0.25, 0.3) is 0 Å².